The molecule has 0 atom stereocenters. The van der Waals surface area contributed by atoms with E-state index in [0.717, 1.165) is 17.2 Å². The molecular weight excluding hydrogens is 346 g/mol. The first-order valence-corrected chi connectivity index (χ1v) is 8.53. The minimum atomic E-state index is -0.213. The summed E-state index contributed by atoms with van der Waals surface area (Å²) in [6.07, 6.45) is 0.0847. The van der Waals surface area contributed by atoms with Crippen molar-refractivity contribution in [3.8, 4) is 17.2 Å². The lowest BCUT2D eigenvalue weighted by atomic mass is 10.2. The number of amides is 1. The molecule has 8 heteroatoms. The molecule has 3 rings (SSSR count). The van der Waals surface area contributed by atoms with Crippen LogP contribution < -0.4 is 14.8 Å². The fourth-order valence-corrected chi connectivity index (χ4v) is 2.46. The molecule has 0 aliphatic heterocycles. The van der Waals surface area contributed by atoms with Gasteiger partial charge < -0.3 is 14.8 Å². The molecule has 3 aromatic rings. The average Bonchev–Trinajstić information content (AvgIpc) is 3.15. The summed E-state index contributed by atoms with van der Waals surface area (Å²) in [7, 11) is 1.61. The molecule has 2 aromatic carbocycles. The quantitative estimate of drug-likeness (QED) is 0.689. The average molecular weight is 367 g/mol. The Balaban J connectivity index is 1.65. The topological polar surface area (TPSA) is 91.2 Å². The zero-order chi connectivity index (χ0) is 19.2. The van der Waals surface area contributed by atoms with Gasteiger partial charge in [-0.15, -0.1) is 5.10 Å². The second kappa shape index (κ2) is 8.31. The molecule has 0 spiro atoms. The maximum atomic E-state index is 12.4. The molecule has 8 nitrogen and oxygen atoms in total. The molecule has 0 saturated heterocycles. The predicted octanol–water partition coefficient (Wildman–Crippen LogP) is 2.39. The number of ether oxygens (including phenoxy) is 2. The highest BCUT2D eigenvalue weighted by molar-refractivity contribution is 5.94. The van der Waals surface area contributed by atoms with Gasteiger partial charge in [-0.05, 0) is 72.8 Å². The van der Waals surface area contributed by atoms with Crippen LogP contribution in [-0.2, 0) is 6.54 Å². The van der Waals surface area contributed by atoms with Gasteiger partial charge in [0.25, 0.3) is 5.91 Å². The first-order valence-electron chi connectivity index (χ1n) is 8.53. The van der Waals surface area contributed by atoms with Crippen molar-refractivity contribution >= 4 is 5.91 Å². The normalized spacial score (nSPS) is 10.7. The molecule has 0 aliphatic rings. The highest BCUT2D eigenvalue weighted by Crippen LogP contribution is 2.16. The third kappa shape index (κ3) is 4.60. The van der Waals surface area contributed by atoms with Crippen molar-refractivity contribution in [3.63, 3.8) is 0 Å². The third-order valence-corrected chi connectivity index (χ3v) is 3.75. The maximum Gasteiger partial charge on any atom is 0.251 e. The van der Waals surface area contributed by atoms with Crippen molar-refractivity contribution in [2.75, 3.05) is 7.11 Å². The van der Waals surface area contributed by atoms with E-state index in [2.05, 4.69) is 20.8 Å². The Bertz CT molecular complexity index is 888. The monoisotopic (exact) mass is 367 g/mol. The van der Waals surface area contributed by atoms with Gasteiger partial charge >= 0.3 is 0 Å². The molecule has 0 aliphatic carbocycles. The second-order valence-electron chi connectivity index (χ2n) is 6.08. The smallest absolute Gasteiger partial charge is 0.251 e. The van der Waals surface area contributed by atoms with Gasteiger partial charge in [-0.2, -0.15) is 4.68 Å². The van der Waals surface area contributed by atoms with Crippen LogP contribution in [0.25, 0.3) is 5.69 Å². The van der Waals surface area contributed by atoms with Gasteiger partial charge in [-0.1, -0.05) is 0 Å². The van der Waals surface area contributed by atoms with E-state index in [1.807, 2.05) is 38.1 Å². The largest absolute Gasteiger partial charge is 0.497 e. The van der Waals surface area contributed by atoms with Gasteiger partial charge in [-0.25, -0.2) is 0 Å². The second-order valence-corrected chi connectivity index (χ2v) is 6.08. The van der Waals surface area contributed by atoms with Gasteiger partial charge in [0.15, 0.2) is 5.82 Å². The van der Waals surface area contributed by atoms with E-state index in [4.69, 9.17) is 9.47 Å². The molecule has 1 amide bonds. The van der Waals surface area contributed by atoms with Crippen LogP contribution in [0.15, 0.2) is 48.5 Å². The molecular formula is C19H21N5O3. The van der Waals surface area contributed by atoms with Crippen molar-refractivity contribution < 1.29 is 14.3 Å². The van der Waals surface area contributed by atoms with E-state index < -0.39 is 0 Å². The minimum absolute atomic E-state index is 0.0847. The Morgan fingerprint density at radius 3 is 2.37 bits per heavy atom. The number of nitrogens with one attached hydrogen (secondary N) is 1. The number of aromatic nitrogens is 4. The Hall–Kier alpha value is -3.42. The number of carbonyl (C=O) groups excluding carboxylic acids is 1. The molecule has 140 valence electrons. The SMILES string of the molecule is COc1ccc(-n2nnnc2CNC(=O)c2ccc(OC(C)C)cc2)cc1. The van der Waals surface area contributed by atoms with Crippen LogP contribution >= 0.6 is 0 Å². The molecule has 1 N–H and O–H groups in total. The fraction of sp³-hybridized carbons (Fsp3) is 0.263. The highest BCUT2D eigenvalue weighted by atomic mass is 16.5. The van der Waals surface area contributed by atoms with E-state index in [-0.39, 0.29) is 18.6 Å². The number of methoxy groups -OCH3 is 1. The van der Waals surface area contributed by atoms with Gasteiger partial charge in [-0.3, -0.25) is 4.79 Å². The highest BCUT2D eigenvalue weighted by Gasteiger charge is 2.11. The number of benzene rings is 2. The molecule has 0 unspecified atom stereocenters. The van der Waals surface area contributed by atoms with Gasteiger partial charge in [0.05, 0.1) is 25.4 Å². The number of nitrogens with zero attached hydrogens (tertiary/aromatic N) is 4. The first kappa shape index (κ1) is 18.4. The van der Waals surface area contributed by atoms with Crippen molar-refractivity contribution in [1.82, 2.24) is 25.5 Å². The molecule has 27 heavy (non-hydrogen) atoms. The predicted molar refractivity (Wildman–Crippen MR) is 99.1 cm³/mol. The van der Waals surface area contributed by atoms with Crippen LogP contribution in [0, 0.1) is 0 Å². The molecule has 0 saturated carbocycles. The molecule has 1 heterocycles. The van der Waals surface area contributed by atoms with Crippen molar-refractivity contribution in [3.05, 3.63) is 59.9 Å². The maximum absolute atomic E-state index is 12.4. The summed E-state index contributed by atoms with van der Waals surface area (Å²) in [4.78, 5) is 12.4. The lowest BCUT2D eigenvalue weighted by Crippen LogP contribution is -2.24. The summed E-state index contributed by atoms with van der Waals surface area (Å²) in [5, 5.41) is 14.5. The van der Waals surface area contributed by atoms with Crippen LogP contribution in [0.2, 0.25) is 0 Å². The number of hydrogen-bond donors (Lipinski definition) is 1. The van der Waals surface area contributed by atoms with Gasteiger partial charge in [0.1, 0.15) is 11.5 Å². The van der Waals surface area contributed by atoms with Crippen molar-refractivity contribution in [2.45, 2.75) is 26.5 Å². The summed E-state index contributed by atoms with van der Waals surface area (Å²) in [6.45, 7) is 4.10. The van der Waals surface area contributed by atoms with Crippen LogP contribution in [-0.4, -0.2) is 39.3 Å². The number of rotatable bonds is 7. The molecule has 1 aromatic heterocycles. The molecule has 0 fully saturated rings. The van der Waals surface area contributed by atoms with E-state index in [1.165, 1.54) is 0 Å². The zero-order valence-electron chi connectivity index (χ0n) is 15.4. The summed E-state index contributed by atoms with van der Waals surface area (Å²) < 4.78 is 12.3. The minimum Gasteiger partial charge on any atom is -0.497 e. The van der Waals surface area contributed by atoms with Crippen molar-refractivity contribution in [2.24, 2.45) is 0 Å². The summed E-state index contributed by atoms with van der Waals surface area (Å²) >= 11 is 0. The van der Waals surface area contributed by atoms with E-state index >= 15 is 0 Å². The summed E-state index contributed by atoms with van der Waals surface area (Å²) in [5.74, 6) is 1.78. The fourth-order valence-electron chi connectivity index (χ4n) is 2.46. The Kier molecular flexibility index (Phi) is 5.65. The Morgan fingerprint density at radius 2 is 1.74 bits per heavy atom. The lowest BCUT2D eigenvalue weighted by Gasteiger charge is -2.10. The van der Waals surface area contributed by atoms with E-state index in [0.29, 0.717) is 11.4 Å². The van der Waals surface area contributed by atoms with Gasteiger partial charge in [0, 0.05) is 5.56 Å². The zero-order valence-corrected chi connectivity index (χ0v) is 15.4. The van der Waals surface area contributed by atoms with Crippen LogP contribution in [0.4, 0.5) is 0 Å². The standard InChI is InChI=1S/C19H21N5O3/c1-13(2)27-17-8-4-14(5-9-17)19(25)20-12-18-21-22-23-24(18)15-6-10-16(26-3)11-7-15/h4-11,13H,12H2,1-3H3,(H,20,25). The molecule has 0 bridgehead atoms. The third-order valence-electron chi connectivity index (χ3n) is 3.75. The molecule has 0 radical (unpaired) electrons. The van der Waals surface area contributed by atoms with Crippen LogP contribution in [0.5, 0.6) is 11.5 Å². The van der Waals surface area contributed by atoms with Crippen LogP contribution in [0.1, 0.15) is 30.0 Å². The van der Waals surface area contributed by atoms with Crippen molar-refractivity contribution in [1.29, 1.82) is 0 Å². The number of carbonyl (C=O) groups is 1. The van der Waals surface area contributed by atoms with E-state index in [9.17, 15) is 4.79 Å². The van der Waals surface area contributed by atoms with Gasteiger partial charge in [0.2, 0.25) is 0 Å². The lowest BCUT2D eigenvalue weighted by molar-refractivity contribution is 0.0949. The number of hydrogen-bond acceptors (Lipinski definition) is 6. The Morgan fingerprint density at radius 1 is 1.07 bits per heavy atom. The Labute approximate surface area is 157 Å². The summed E-state index contributed by atoms with van der Waals surface area (Å²) in [6, 6.07) is 14.3. The summed E-state index contributed by atoms with van der Waals surface area (Å²) in [5.41, 5.74) is 1.31. The van der Waals surface area contributed by atoms with E-state index in [1.54, 1.807) is 36.1 Å². The number of tetrazole rings is 1. The first-order chi connectivity index (χ1) is 13.1. The van der Waals surface area contributed by atoms with Crippen LogP contribution in [0.3, 0.4) is 0 Å².